The number of aliphatic hydroxyl groups is 1. The van der Waals surface area contributed by atoms with E-state index in [0.717, 1.165) is 11.5 Å². The van der Waals surface area contributed by atoms with Gasteiger partial charge in [-0.1, -0.05) is 11.6 Å². The molecule has 0 fully saturated rings. The van der Waals surface area contributed by atoms with Gasteiger partial charge in [0.05, 0.1) is 6.10 Å². The Morgan fingerprint density at radius 1 is 1.64 bits per heavy atom. The van der Waals surface area contributed by atoms with E-state index in [4.69, 9.17) is 16.9 Å². The molecule has 0 amide bonds. The molecule has 1 aromatic rings. The van der Waals surface area contributed by atoms with Gasteiger partial charge in [0.1, 0.15) is 16.6 Å². The standard InChI is InChI=1S/C8H10ClN3OS/c1-4(5(2)13)11-8-6(3-10)7(9)12-14-8/h4-5,11,13H,1-2H3. The Labute approximate surface area is 91.3 Å². The summed E-state index contributed by atoms with van der Waals surface area (Å²) in [7, 11) is 0. The number of aliphatic hydroxyl groups excluding tert-OH is 1. The summed E-state index contributed by atoms with van der Waals surface area (Å²) in [5.41, 5.74) is 0.337. The third kappa shape index (κ3) is 2.35. The average Bonchev–Trinajstić information content (AvgIpc) is 2.46. The maximum Gasteiger partial charge on any atom is 0.162 e. The lowest BCUT2D eigenvalue weighted by Gasteiger charge is -2.16. The first-order valence-electron chi connectivity index (χ1n) is 4.06. The minimum absolute atomic E-state index is 0.140. The molecule has 0 radical (unpaired) electrons. The van der Waals surface area contributed by atoms with E-state index in [1.807, 2.05) is 13.0 Å². The third-order valence-electron chi connectivity index (χ3n) is 1.84. The van der Waals surface area contributed by atoms with Gasteiger partial charge >= 0.3 is 0 Å². The molecule has 2 unspecified atom stereocenters. The van der Waals surface area contributed by atoms with Crippen molar-refractivity contribution in [2.24, 2.45) is 0 Å². The maximum absolute atomic E-state index is 9.26. The zero-order valence-electron chi connectivity index (χ0n) is 7.78. The quantitative estimate of drug-likeness (QED) is 0.833. The topological polar surface area (TPSA) is 68.9 Å². The van der Waals surface area contributed by atoms with Crippen LogP contribution in [-0.2, 0) is 0 Å². The molecular formula is C8H10ClN3OS. The zero-order valence-corrected chi connectivity index (χ0v) is 9.35. The number of aromatic nitrogens is 1. The van der Waals surface area contributed by atoms with Crippen molar-refractivity contribution in [1.29, 1.82) is 5.26 Å². The van der Waals surface area contributed by atoms with E-state index in [9.17, 15) is 5.11 Å². The molecule has 0 aliphatic carbocycles. The van der Waals surface area contributed by atoms with Gasteiger partial charge in [-0.3, -0.25) is 0 Å². The summed E-state index contributed by atoms with van der Waals surface area (Å²) < 4.78 is 3.84. The number of hydrogen-bond acceptors (Lipinski definition) is 5. The fourth-order valence-corrected chi connectivity index (χ4v) is 1.82. The molecule has 0 aromatic carbocycles. The Morgan fingerprint density at radius 3 is 2.79 bits per heavy atom. The molecule has 14 heavy (non-hydrogen) atoms. The maximum atomic E-state index is 9.26. The molecule has 0 aliphatic rings. The highest BCUT2D eigenvalue weighted by Gasteiger charge is 2.15. The summed E-state index contributed by atoms with van der Waals surface area (Å²) >= 11 is 6.80. The number of nitrogens with zero attached hydrogens (tertiary/aromatic N) is 2. The molecule has 76 valence electrons. The number of hydrogen-bond donors (Lipinski definition) is 2. The first kappa shape index (κ1) is 11.2. The zero-order chi connectivity index (χ0) is 10.7. The van der Waals surface area contributed by atoms with Crippen LogP contribution < -0.4 is 5.32 Å². The van der Waals surface area contributed by atoms with E-state index in [1.54, 1.807) is 6.92 Å². The largest absolute Gasteiger partial charge is 0.391 e. The highest BCUT2D eigenvalue weighted by Crippen LogP contribution is 2.28. The molecule has 0 bridgehead atoms. The van der Waals surface area contributed by atoms with Gasteiger partial charge in [-0.15, -0.1) is 0 Å². The Morgan fingerprint density at radius 2 is 2.29 bits per heavy atom. The fraction of sp³-hybridized carbons (Fsp3) is 0.500. The van der Waals surface area contributed by atoms with Crippen LogP contribution in [0, 0.1) is 11.3 Å². The predicted molar refractivity (Wildman–Crippen MR) is 56.6 cm³/mol. The van der Waals surface area contributed by atoms with Crippen molar-refractivity contribution in [1.82, 2.24) is 4.37 Å². The van der Waals surface area contributed by atoms with Gasteiger partial charge < -0.3 is 10.4 Å². The lowest BCUT2D eigenvalue weighted by atomic mass is 10.2. The van der Waals surface area contributed by atoms with Crippen LogP contribution >= 0.6 is 23.1 Å². The summed E-state index contributed by atoms with van der Waals surface area (Å²) in [5.74, 6) is 0. The van der Waals surface area contributed by atoms with Crippen molar-refractivity contribution < 1.29 is 5.11 Å². The van der Waals surface area contributed by atoms with Crippen molar-refractivity contribution >= 4 is 28.1 Å². The van der Waals surface area contributed by atoms with E-state index >= 15 is 0 Å². The third-order valence-corrected chi connectivity index (χ3v) is 3.00. The molecular weight excluding hydrogens is 222 g/mol. The molecule has 4 nitrogen and oxygen atoms in total. The van der Waals surface area contributed by atoms with Gasteiger partial charge in [-0.2, -0.15) is 9.64 Å². The lowest BCUT2D eigenvalue weighted by molar-refractivity contribution is 0.178. The Kier molecular flexibility index (Phi) is 3.69. The molecule has 0 aliphatic heterocycles. The molecule has 1 aromatic heterocycles. The molecule has 6 heteroatoms. The Hall–Kier alpha value is -0.830. The van der Waals surface area contributed by atoms with E-state index in [1.165, 1.54) is 0 Å². The van der Waals surface area contributed by atoms with Crippen LogP contribution in [-0.4, -0.2) is 21.6 Å². The van der Waals surface area contributed by atoms with E-state index in [0.29, 0.717) is 10.6 Å². The SMILES string of the molecule is CC(O)C(C)Nc1snc(Cl)c1C#N. The van der Waals surface area contributed by atoms with E-state index in [2.05, 4.69) is 9.69 Å². The van der Waals surface area contributed by atoms with Gasteiger partial charge in [0, 0.05) is 6.04 Å². The van der Waals surface area contributed by atoms with Gasteiger partial charge in [0.25, 0.3) is 0 Å². The van der Waals surface area contributed by atoms with Crippen LogP contribution in [0.3, 0.4) is 0 Å². The van der Waals surface area contributed by atoms with E-state index in [-0.39, 0.29) is 11.2 Å². The Bertz CT molecular complexity index is 358. The number of anilines is 1. The Balaban J connectivity index is 2.83. The minimum atomic E-state index is -0.498. The van der Waals surface area contributed by atoms with Crippen molar-refractivity contribution in [3.05, 3.63) is 10.7 Å². The van der Waals surface area contributed by atoms with E-state index < -0.39 is 6.10 Å². The van der Waals surface area contributed by atoms with Crippen LogP contribution in [0.15, 0.2) is 0 Å². The minimum Gasteiger partial charge on any atom is -0.391 e. The van der Waals surface area contributed by atoms with Gasteiger partial charge in [0.2, 0.25) is 0 Å². The summed E-state index contributed by atoms with van der Waals surface area (Å²) in [6, 6.07) is 1.82. The number of rotatable bonds is 3. The highest BCUT2D eigenvalue weighted by atomic mass is 35.5. The second-order valence-electron chi connectivity index (χ2n) is 2.96. The van der Waals surface area contributed by atoms with Crippen molar-refractivity contribution in [3.63, 3.8) is 0 Å². The van der Waals surface area contributed by atoms with Crippen molar-refractivity contribution in [2.75, 3.05) is 5.32 Å². The first-order chi connectivity index (χ1) is 6.56. The van der Waals surface area contributed by atoms with Gasteiger partial charge in [-0.05, 0) is 25.4 Å². The highest BCUT2D eigenvalue weighted by molar-refractivity contribution is 7.10. The summed E-state index contributed by atoms with van der Waals surface area (Å²) in [6.07, 6.45) is -0.498. The number of nitrogens with one attached hydrogen (secondary N) is 1. The van der Waals surface area contributed by atoms with Crippen LogP contribution in [0.4, 0.5) is 5.00 Å². The molecule has 0 saturated heterocycles. The fourth-order valence-electron chi connectivity index (χ4n) is 0.793. The van der Waals surface area contributed by atoms with Crippen LogP contribution in [0.1, 0.15) is 19.4 Å². The molecule has 1 heterocycles. The van der Waals surface area contributed by atoms with Crippen LogP contribution in [0.25, 0.3) is 0 Å². The molecule has 2 atom stereocenters. The summed E-state index contributed by atoms with van der Waals surface area (Å²) in [6.45, 7) is 3.49. The molecule has 1 rings (SSSR count). The van der Waals surface area contributed by atoms with Crippen molar-refractivity contribution in [3.8, 4) is 6.07 Å². The van der Waals surface area contributed by atoms with Crippen molar-refractivity contribution in [2.45, 2.75) is 26.0 Å². The van der Waals surface area contributed by atoms with Crippen LogP contribution in [0.5, 0.6) is 0 Å². The monoisotopic (exact) mass is 231 g/mol. The number of halogens is 1. The second-order valence-corrected chi connectivity index (χ2v) is 4.09. The molecule has 2 N–H and O–H groups in total. The number of nitriles is 1. The van der Waals surface area contributed by atoms with Gasteiger partial charge in [0.15, 0.2) is 5.15 Å². The smallest absolute Gasteiger partial charge is 0.162 e. The van der Waals surface area contributed by atoms with Crippen LogP contribution in [0.2, 0.25) is 5.15 Å². The summed E-state index contributed by atoms with van der Waals surface area (Å²) in [4.78, 5) is 0. The second kappa shape index (κ2) is 4.60. The molecule has 0 saturated carbocycles. The lowest BCUT2D eigenvalue weighted by Crippen LogP contribution is -2.27. The summed E-state index contributed by atoms with van der Waals surface area (Å²) in [5, 5.41) is 21.8. The predicted octanol–water partition coefficient (Wildman–Crippen LogP) is 1.85. The average molecular weight is 232 g/mol. The molecule has 0 spiro atoms. The normalized spacial score (nSPS) is 14.5. The van der Waals surface area contributed by atoms with Gasteiger partial charge in [-0.25, -0.2) is 0 Å². The first-order valence-corrected chi connectivity index (χ1v) is 5.21.